The molecular formula is C16H19BrN2O. The lowest BCUT2D eigenvalue weighted by molar-refractivity contribution is 0.304. The summed E-state index contributed by atoms with van der Waals surface area (Å²) < 4.78 is 6.93. The molecule has 106 valence electrons. The monoisotopic (exact) mass is 334 g/mol. The number of benzene rings is 1. The number of nitrogens with one attached hydrogen (secondary N) is 1. The highest BCUT2D eigenvalue weighted by atomic mass is 79.9. The molecule has 0 saturated carbocycles. The largest absolute Gasteiger partial charge is 0.489 e. The van der Waals surface area contributed by atoms with E-state index in [9.17, 15) is 0 Å². The first-order valence-corrected chi connectivity index (χ1v) is 7.56. The SMILES string of the molecule is CCCNc1cc(COc2ccc(Br)cc2C)ccn1. The summed E-state index contributed by atoms with van der Waals surface area (Å²) in [6, 6.07) is 10.0. The van der Waals surface area contributed by atoms with Gasteiger partial charge < -0.3 is 10.1 Å². The second-order valence-electron chi connectivity index (χ2n) is 4.67. The van der Waals surface area contributed by atoms with Crippen molar-refractivity contribution in [3.8, 4) is 5.75 Å². The number of rotatable bonds is 6. The molecule has 0 unspecified atom stereocenters. The summed E-state index contributed by atoms with van der Waals surface area (Å²) in [5, 5.41) is 3.28. The van der Waals surface area contributed by atoms with E-state index >= 15 is 0 Å². The lowest BCUT2D eigenvalue weighted by atomic mass is 10.2. The Hall–Kier alpha value is -1.55. The van der Waals surface area contributed by atoms with Gasteiger partial charge in [-0.3, -0.25) is 0 Å². The number of nitrogens with zero attached hydrogens (tertiary/aromatic N) is 1. The number of ether oxygens (including phenoxy) is 1. The molecule has 0 aliphatic rings. The Morgan fingerprint density at radius 1 is 1.25 bits per heavy atom. The molecule has 2 aromatic rings. The maximum atomic E-state index is 5.86. The van der Waals surface area contributed by atoms with Crippen LogP contribution in [0.3, 0.4) is 0 Å². The Kier molecular flexibility index (Phi) is 5.41. The number of halogens is 1. The van der Waals surface area contributed by atoms with E-state index in [1.54, 1.807) is 0 Å². The summed E-state index contributed by atoms with van der Waals surface area (Å²) in [5.74, 6) is 1.81. The van der Waals surface area contributed by atoms with E-state index in [1.807, 2.05) is 37.4 Å². The summed E-state index contributed by atoms with van der Waals surface area (Å²) in [6.07, 6.45) is 2.89. The van der Waals surface area contributed by atoms with E-state index < -0.39 is 0 Å². The second-order valence-corrected chi connectivity index (χ2v) is 5.59. The van der Waals surface area contributed by atoms with Crippen LogP contribution in [0.2, 0.25) is 0 Å². The molecule has 1 aromatic heterocycles. The Bertz CT molecular complexity index is 572. The zero-order valence-electron chi connectivity index (χ0n) is 11.8. The third kappa shape index (κ3) is 4.23. The first kappa shape index (κ1) is 14.9. The van der Waals surface area contributed by atoms with Gasteiger partial charge in [0.05, 0.1) is 0 Å². The van der Waals surface area contributed by atoms with Crippen LogP contribution in [0.25, 0.3) is 0 Å². The number of aromatic nitrogens is 1. The predicted molar refractivity (Wildman–Crippen MR) is 86.2 cm³/mol. The summed E-state index contributed by atoms with van der Waals surface area (Å²) >= 11 is 3.45. The average Bonchev–Trinajstić information content (AvgIpc) is 2.45. The highest BCUT2D eigenvalue weighted by Crippen LogP contribution is 2.23. The molecule has 4 heteroatoms. The highest BCUT2D eigenvalue weighted by molar-refractivity contribution is 9.10. The van der Waals surface area contributed by atoms with Crippen molar-refractivity contribution in [1.29, 1.82) is 0 Å². The van der Waals surface area contributed by atoms with Gasteiger partial charge >= 0.3 is 0 Å². The molecule has 3 nitrogen and oxygen atoms in total. The molecule has 0 radical (unpaired) electrons. The maximum Gasteiger partial charge on any atom is 0.126 e. The van der Waals surface area contributed by atoms with Crippen molar-refractivity contribution < 1.29 is 4.74 Å². The molecule has 0 aliphatic carbocycles. The number of anilines is 1. The normalized spacial score (nSPS) is 10.3. The Morgan fingerprint density at radius 3 is 2.85 bits per heavy atom. The second kappa shape index (κ2) is 7.29. The zero-order chi connectivity index (χ0) is 14.4. The molecule has 1 aromatic carbocycles. The van der Waals surface area contributed by atoms with Gasteiger partial charge in [-0.05, 0) is 54.8 Å². The van der Waals surface area contributed by atoms with Gasteiger partial charge in [-0.1, -0.05) is 22.9 Å². The van der Waals surface area contributed by atoms with Crippen LogP contribution in [0.1, 0.15) is 24.5 Å². The molecule has 0 bridgehead atoms. The smallest absolute Gasteiger partial charge is 0.126 e. The number of hydrogen-bond acceptors (Lipinski definition) is 3. The Morgan fingerprint density at radius 2 is 2.10 bits per heavy atom. The zero-order valence-corrected chi connectivity index (χ0v) is 13.4. The van der Waals surface area contributed by atoms with E-state index in [-0.39, 0.29) is 0 Å². The van der Waals surface area contributed by atoms with Gasteiger partial charge in [0.2, 0.25) is 0 Å². The Balaban J connectivity index is 1.99. The molecule has 0 atom stereocenters. The fourth-order valence-corrected chi connectivity index (χ4v) is 2.33. The summed E-state index contributed by atoms with van der Waals surface area (Å²) in [4.78, 5) is 4.29. The van der Waals surface area contributed by atoms with Gasteiger partial charge in [0.1, 0.15) is 18.2 Å². The van der Waals surface area contributed by atoms with Crippen molar-refractivity contribution in [2.75, 3.05) is 11.9 Å². The number of hydrogen-bond donors (Lipinski definition) is 1. The van der Waals surface area contributed by atoms with Crippen LogP contribution in [0, 0.1) is 6.92 Å². The minimum absolute atomic E-state index is 0.547. The average molecular weight is 335 g/mol. The van der Waals surface area contributed by atoms with E-state index in [2.05, 4.69) is 39.2 Å². The van der Waals surface area contributed by atoms with Crippen molar-refractivity contribution in [3.05, 3.63) is 52.1 Å². The van der Waals surface area contributed by atoms with E-state index in [0.29, 0.717) is 6.61 Å². The van der Waals surface area contributed by atoms with Crippen LogP contribution in [-0.2, 0) is 6.61 Å². The van der Waals surface area contributed by atoms with Crippen molar-refractivity contribution in [2.45, 2.75) is 26.9 Å². The summed E-state index contributed by atoms with van der Waals surface area (Å²) in [7, 11) is 0. The van der Waals surface area contributed by atoms with Crippen LogP contribution in [0.5, 0.6) is 5.75 Å². The number of pyridine rings is 1. The minimum Gasteiger partial charge on any atom is -0.489 e. The summed E-state index contributed by atoms with van der Waals surface area (Å²) in [5.41, 5.74) is 2.23. The molecule has 0 fully saturated rings. The summed E-state index contributed by atoms with van der Waals surface area (Å²) in [6.45, 7) is 5.66. The topological polar surface area (TPSA) is 34.1 Å². The first-order chi connectivity index (χ1) is 9.69. The lowest BCUT2D eigenvalue weighted by Gasteiger charge is -2.10. The fourth-order valence-electron chi connectivity index (χ4n) is 1.85. The quantitative estimate of drug-likeness (QED) is 0.841. The molecule has 1 heterocycles. The standard InChI is InChI=1S/C16H19BrN2O/c1-3-7-18-16-10-13(6-8-19-16)11-20-15-5-4-14(17)9-12(15)2/h4-6,8-10H,3,7,11H2,1-2H3,(H,18,19). The van der Waals surface area contributed by atoms with Gasteiger partial charge in [-0.2, -0.15) is 0 Å². The molecule has 0 spiro atoms. The third-order valence-corrected chi connectivity index (χ3v) is 3.41. The van der Waals surface area contributed by atoms with Gasteiger partial charge in [-0.15, -0.1) is 0 Å². The van der Waals surface area contributed by atoms with Gasteiger partial charge in [-0.25, -0.2) is 4.98 Å². The molecule has 0 amide bonds. The third-order valence-electron chi connectivity index (χ3n) is 2.91. The van der Waals surface area contributed by atoms with Gasteiger partial charge in [0.15, 0.2) is 0 Å². The van der Waals surface area contributed by atoms with Gasteiger partial charge in [0.25, 0.3) is 0 Å². The number of aryl methyl sites for hydroxylation is 1. The molecule has 1 N–H and O–H groups in total. The fraction of sp³-hybridized carbons (Fsp3) is 0.312. The Labute approximate surface area is 128 Å². The first-order valence-electron chi connectivity index (χ1n) is 6.77. The molecule has 20 heavy (non-hydrogen) atoms. The van der Waals surface area contributed by atoms with E-state index in [1.165, 1.54) is 0 Å². The molecule has 0 aliphatic heterocycles. The molecule has 0 saturated heterocycles. The van der Waals surface area contributed by atoms with Crippen LogP contribution in [0.4, 0.5) is 5.82 Å². The van der Waals surface area contributed by atoms with Gasteiger partial charge in [0, 0.05) is 17.2 Å². The highest BCUT2D eigenvalue weighted by Gasteiger charge is 2.02. The van der Waals surface area contributed by atoms with Crippen LogP contribution >= 0.6 is 15.9 Å². The molecule has 2 rings (SSSR count). The van der Waals surface area contributed by atoms with Crippen LogP contribution in [0.15, 0.2) is 41.0 Å². The van der Waals surface area contributed by atoms with Crippen molar-refractivity contribution in [3.63, 3.8) is 0 Å². The van der Waals surface area contributed by atoms with Crippen molar-refractivity contribution in [2.24, 2.45) is 0 Å². The predicted octanol–water partition coefficient (Wildman–Crippen LogP) is 4.55. The van der Waals surface area contributed by atoms with E-state index in [4.69, 9.17) is 4.74 Å². The lowest BCUT2D eigenvalue weighted by Crippen LogP contribution is -2.03. The molecular weight excluding hydrogens is 316 g/mol. The van der Waals surface area contributed by atoms with Crippen molar-refractivity contribution in [1.82, 2.24) is 4.98 Å². The van der Waals surface area contributed by atoms with E-state index in [0.717, 1.165) is 40.1 Å². The minimum atomic E-state index is 0.547. The van der Waals surface area contributed by atoms with Crippen molar-refractivity contribution >= 4 is 21.7 Å². The van der Waals surface area contributed by atoms with Crippen LogP contribution in [-0.4, -0.2) is 11.5 Å². The van der Waals surface area contributed by atoms with Crippen LogP contribution < -0.4 is 10.1 Å². The maximum absolute atomic E-state index is 5.86.